The van der Waals surface area contributed by atoms with Crippen molar-refractivity contribution in [2.24, 2.45) is 0 Å². The lowest BCUT2D eigenvalue weighted by Gasteiger charge is -2.25. The van der Waals surface area contributed by atoms with E-state index in [0.29, 0.717) is 12.2 Å². The Bertz CT molecular complexity index is 661. The molecule has 7 nitrogen and oxygen atoms in total. The van der Waals surface area contributed by atoms with Crippen molar-refractivity contribution in [2.75, 3.05) is 13.7 Å². The number of nitriles is 1. The number of carbonyl (C=O) groups excluding carboxylic acids is 2. The van der Waals surface area contributed by atoms with Crippen LogP contribution in [0, 0.1) is 11.3 Å². The molecular formula is C19H27N3O4. The van der Waals surface area contributed by atoms with Crippen molar-refractivity contribution < 1.29 is 19.1 Å². The third-order valence-corrected chi connectivity index (χ3v) is 3.61. The predicted molar refractivity (Wildman–Crippen MR) is 97.8 cm³/mol. The summed E-state index contributed by atoms with van der Waals surface area (Å²) in [6.45, 7) is 7.05. The van der Waals surface area contributed by atoms with Gasteiger partial charge in [0.2, 0.25) is 5.91 Å². The van der Waals surface area contributed by atoms with Crippen LogP contribution in [0.4, 0.5) is 4.79 Å². The van der Waals surface area contributed by atoms with Crippen molar-refractivity contribution in [3.63, 3.8) is 0 Å². The zero-order chi connectivity index (χ0) is 19.7. The van der Waals surface area contributed by atoms with Crippen LogP contribution < -0.4 is 15.4 Å². The monoisotopic (exact) mass is 361 g/mol. The van der Waals surface area contributed by atoms with E-state index in [1.54, 1.807) is 27.9 Å². The van der Waals surface area contributed by atoms with Crippen LogP contribution in [-0.4, -0.2) is 37.3 Å². The Morgan fingerprint density at radius 3 is 2.50 bits per heavy atom. The topological polar surface area (TPSA) is 100 Å². The highest BCUT2D eigenvalue weighted by molar-refractivity contribution is 5.85. The smallest absolute Gasteiger partial charge is 0.408 e. The molecule has 0 bridgehead atoms. The van der Waals surface area contributed by atoms with Crippen LogP contribution in [0.1, 0.15) is 45.6 Å². The lowest BCUT2D eigenvalue weighted by atomic mass is 9.92. The van der Waals surface area contributed by atoms with E-state index in [1.807, 2.05) is 37.3 Å². The molecule has 0 saturated carbocycles. The molecule has 1 aromatic carbocycles. The molecule has 1 aromatic rings. The Kier molecular flexibility index (Phi) is 7.91. The minimum absolute atomic E-state index is 0.0704. The van der Waals surface area contributed by atoms with Crippen molar-refractivity contribution in [3.8, 4) is 11.8 Å². The lowest BCUT2D eigenvalue weighted by molar-refractivity contribution is -0.123. The Morgan fingerprint density at radius 1 is 1.27 bits per heavy atom. The summed E-state index contributed by atoms with van der Waals surface area (Å²) in [5.74, 6) is 0.214. The van der Waals surface area contributed by atoms with Crippen molar-refractivity contribution in [1.82, 2.24) is 10.6 Å². The largest absolute Gasteiger partial charge is 0.496 e. The van der Waals surface area contributed by atoms with Gasteiger partial charge in [0, 0.05) is 0 Å². The summed E-state index contributed by atoms with van der Waals surface area (Å²) < 4.78 is 10.6. The number of hydrogen-bond donors (Lipinski definition) is 2. The van der Waals surface area contributed by atoms with Crippen LogP contribution in [0.15, 0.2) is 24.3 Å². The number of rotatable bonds is 7. The number of carbonyl (C=O) groups is 2. The highest BCUT2D eigenvalue weighted by Gasteiger charge is 2.27. The van der Waals surface area contributed by atoms with Crippen LogP contribution in [0.25, 0.3) is 0 Å². The summed E-state index contributed by atoms with van der Waals surface area (Å²) in [4.78, 5) is 24.4. The van der Waals surface area contributed by atoms with Gasteiger partial charge in [0.05, 0.1) is 13.2 Å². The molecule has 26 heavy (non-hydrogen) atoms. The number of methoxy groups -OCH3 is 1. The normalized spacial score (nSPS) is 13.1. The van der Waals surface area contributed by atoms with Gasteiger partial charge in [0.1, 0.15) is 23.9 Å². The van der Waals surface area contributed by atoms with Crippen molar-refractivity contribution in [3.05, 3.63) is 29.8 Å². The summed E-state index contributed by atoms with van der Waals surface area (Å²) >= 11 is 0. The van der Waals surface area contributed by atoms with Gasteiger partial charge in [-0.05, 0) is 44.7 Å². The first-order chi connectivity index (χ1) is 12.2. The van der Waals surface area contributed by atoms with Crippen LogP contribution in [0.3, 0.4) is 0 Å². The average molecular weight is 361 g/mol. The third kappa shape index (κ3) is 7.01. The molecule has 0 saturated heterocycles. The van der Waals surface area contributed by atoms with Gasteiger partial charge in [-0.3, -0.25) is 4.79 Å². The molecule has 0 heterocycles. The quantitative estimate of drug-likeness (QED) is 0.727. The van der Waals surface area contributed by atoms with Crippen LogP contribution in [0.2, 0.25) is 0 Å². The molecule has 0 aliphatic heterocycles. The SMILES string of the molecule is COc1ccccc1[C@@H](C)C[C@H](NC(=O)OC(C)(C)C)C(=O)NCC#N. The number of ether oxygens (including phenoxy) is 2. The van der Waals surface area contributed by atoms with Crippen molar-refractivity contribution >= 4 is 12.0 Å². The number of nitrogens with zero attached hydrogens (tertiary/aromatic N) is 1. The molecule has 2 amide bonds. The van der Waals surface area contributed by atoms with E-state index in [9.17, 15) is 9.59 Å². The van der Waals surface area contributed by atoms with E-state index in [2.05, 4.69) is 10.6 Å². The second-order valence-corrected chi connectivity index (χ2v) is 6.95. The first-order valence-corrected chi connectivity index (χ1v) is 8.45. The molecule has 0 spiro atoms. The minimum atomic E-state index is -0.835. The zero-order valence-electron chi connectivity index (χ0n) is 16.0. The first kappa shape index (κ1) is 21.3. The zero-order valence-corrected chi connectivity index (χ0v) is 16.0. The molecule has 142 valence electrons. The third-order valence-electron chi connectivity index (χ3n) is 3.61. The van der Waals surface area contributed by atoms with E-state index in [1.165, 1.54) is 0 Å². The van der Waals surface area contributed by atoms with Crippen molar-refractivity contribution in [1.29, 1.82) is 5.26 Å². The molecular weight excluding hydrogens is 334 g/mol. The maximum atomic E-state index is 12.4. The molecule has 0 fully saturated rings. The Hall–Kier alpha value is -2.75. The van der Waals surface area contributed by atoms with E-state index >= 15 is 0 Å². The molecule has 0 unspecified atom stereocenters. The van der Waals surface area contributed by atoms with E-state index < -0.39 is 23.6 Å². The highest BCUT2D eigenvalue weighted by Crippen LogP contribution is 2.29. The maximum absolute atomic E-state index is 12.4. The summed E-state index contributed by atoms with van der Waals surface area (Å²) in [7, 11) is 1.58. The number of benzene rings is 1. The number of hydrogen-bond acceptors (Lipinski definition) is 5. The molecule has 0 aliphatic rings. The Balaban J connectivity index is 2.92. The summed E-state index contributed by atoms with van der Waals surface area (Å²) in [6, 6.07) is 8.54. The van der Waals surface area contributed by atoms with Gasteiger partial charge in [0.25, 0.3) is 0 Å². The van der Waals surface area contributed by atoms with Crippen LogP contribution in [0.5, 0.6) is 5.75 Å². The molecule has 2 atom stereocenters. The first-order valence-electron chi connectivity index (χ1n) is 8.45. The number of nitrogens with one attached hydrogen (secondary N) is 2. The number of alkyl carbamates (subject to hydrolysis) is 1. The van der Waals surface area contributed by atoms with E-state index in [0.717, 1.165) is 5.56 Å². The van der Waals surface area contributed by atoms with Gasteiger partial charge in [-0.15, -0.1) is 0 Å². The van der Waals surface area contributed by atoms with Gasteiger partial charge >= 0.3 is 6.09 Å². The standard InChI is InChI=1S/C19H27N3O4/c1-13(14-8-6-7-9-16(14)25-5)12-15(17(23)21-11-10-20)22-18(24)26-19(2,3)4/h6-9,13,15H,11-12H2,1-5H3,(H,21,23)(H,22,24)/t13-,15-/m0/s1. The highest BCUT2D eigenvalue weighted by atomic mass is 16.6. The number of para-hydroxylation sites is 1. The molecule has 7 heteroatoms. The van der Waals surface area contributed by atoms with E-state index in [-0.39, 0.29) is 12.5 Å². The lowest BCUT2D eigenvalue weighted by Crippen LogP contribution is -2.48. The summed E-state index contributed by atoms with van der Waals surface area (Å²) in [5, 5.41) is 13.7. The fraction of sp³-hybridized carbons (Fsp3) is 0.526. The second-order valence-electron chi connectivity index (χ2n) is 6.95. The fourth-order valence-corrected chi connectivity index (χ4v) is 2.49. The molecule has 2 N–H and O–H groups in total. The average Bonchev–Trinajstić information content (AvgIpc) is 2.57. The Morgan fingerprint density at radius 2 is 1.92 bits per heavy atom. The van der Waals surface area contributed by atoms with Crippen molar-refractivity contribution in [2.45, 2.75) is 51.7 Å². The van der Waals surface area contributed by atoms with E-state index in [4.69, 9.17) is 14.7 Å². The fourth-order valence-electron chi connectivity index (χ4n) is 2.49. The van der Waals surface area contributed by atoms with Crippen LogP contribution in [-0.2, 0) is 9.53 Å². The summed E-state index contributed by atoms with van der Waals surface area (Å²) in [6.07, 6.45) is -0.349. The summed E-state index contributed by atoms with van der Waals surface area (Å²) in [5.41, 5.74) is 0.255. The van der Waals surface area contributed by atoms with Gasteiger partial charge in [-0.25, -0.2) is 4.79 Å². The molecule has 0 aromatic heterocycles. The van der Waals surface area contributed by atoms with Gasteiger partial charge < -0.3 is 20.1 Å². The van der Waals surface area contributed by atoms with Crippen LogP contribution >= 0.6 is 0 Å². The predicted octanol–water partition coefficient (Wildman–Crippen LogP) is 2.72. The molecule has 0 aliphatic carbocycles. The second kappa shape index (κ2) is 9.66. The van der Waals surface area contributed by atoms with Gasteiger partial charge in [-0.2, -0.15) is 5.26 Å². The van der Waals surface area contributed by atoms with Gasteiger partial charge in [0.15, 0.2) is 0 Å². The molecule has 0 radical (unpaired) electrons. The van der Waals surface area contributed by atoms with Gasteiger partial charge in [-0.1, -0.05) is 25.1 Å². The maximum Gasteiger partial charge on any atom is 0.408 e. The minimum Gasteiger partial charge on any atom is -0.496 e. The Labute approximate surface area is 154 Å². The number of amides is 2. The molecule has 1 rings (SSSR count).